The molecule has 1 saturated carbocycles. The van der Waals surface area contributed by atoms with Crippen LogP contribution < -0.4 is 9.47 Å². The Morgan fingerprint density at radius 2 is 2.17 bits per heavy atom. The van der Waals surface area contributed by atoms with Crippen LogP contribution in [-0.2, 0) is 0 Å². The Balaban J connectivity index is 2.04. The number of benzene rings is 1. The fraction of sp³-hybridized carbons (Fsp3) is 0.500. The molecule has 1 aromatic carbocycles. The highest BCUT2D eigenvalue weighted by atomic mass is 16.5. The summed E-state index contributed by atoms with van der Waals surface area (Å²) >= 11 is 0. The van der Waals surface area contributed by atoms with Gasteiger partial charge >= 0.3 is 0 Å². The third-order valence-electron chi connectivity index (χ3n) is 3.21. The van der Waals surface area contributed by atoms with Gasteiger partial charge in [0, 0.05) is 5.56 Å². The lowest BCUT2D eigenvalue weighted by atomic mass is 10.1. The Morgan fingerprint density at radius 3 is 2.78 bits per heavy atom. The highest BCUT2D eigenvalue weighted by Gasteiger charge is 2.21. The van der Waals surface area contributed by atoms with E-state index < -0.39 is 0 Å². The predicted octanol–water partition coefficient (Wildman–Crippen LogP) is 3.07. The molecule has 0 spiro atoms. The molecule has 0 saturated heterocycles. The number of ether oxygens (including phenoxy) is 2. The molecule has 98 valence electrons. The molecule has 0 heterocycles. The SMILES string of the molecule is COc1cc(C(C)=NO)ccc1OCCC1CC1. The van der Waals surface area contributed by atoms with E-state index in [-0.39, 0.29) is 0 Å². The van der Waals surface area contributed by atoms with Gasteiger partial charge in [-0.3, -0.25) is 0 Å². The van der Waals surface area contributed by atoms with Crippen molar-refractivity contribution in [1.29, 1.82) is 0 Å². The summed E-state index contributed by atoms with van der Waals surface area (Å²) in [5.41, 5.74) is 1.38. The van der Waals surface area contributed by atoms with Gasteiger partial charge in [0.2, 0.25) is 0 Å². The molecule has 0 amide bonds. The van der Waals surface area contributed by atoms with Crippen molar-refractivity contribution in [2.45, 2.75) is 26.2 Å². The van der Waals surface area contributed by atoms with E-state index in [0.717, 1.165) is 30.3 Å². The van der Waals surface area contributed by atoms with Crippen LogP contribution in [0.3, 0.4) is 0 Å². The summed E-state index contributed by atoms with van der Waals surface area (Å²) in [4.78, 5) is 0. The van der Waals surface area contributed by atoms with Gasteiger partial charge < -0.3 is 14.7 Å². The molecule has 0 atom stereocenters. The molecule has 0 radical (unpaired) electrons. The summed E-state index contributed by atoms with van der Waals surface area (Å²) in [7, 11) is 1.61. The molecule has 1 aliphatic carbocycles. The van der Waals surface area contributed by atoms with E-state index in [1.165, 1.54) is 12.8 Å². The normalized spacial score (nSPS) is 15.6. The van der Waals surface area contributed by atoms with Crippen molar-refractivity contribution in [1.82, 2.24) is 0 Å². The van der Waals surface area contributed by atoms with Crippen LogP contribution in [-0.4, -0.2) is 24.6 Å². The van der Waals surface area contributed by atoms with E-state index in [0.29, 0.717) is 11.5 Å². The van der Waals surface area contributed by atoms with Gasteiger partial charge in [0.05, 0.1) is 19.4 Å². The van der Waals surface area contributed by atoms with Gasteiger partial charge in [-0.05, 0) is 37.5 Å². The van der Waals surface area contributed by atoms with Crippen LogP contribution in [0, 0.1) is 5.92 Å². The highest BCUT2D eigenvalue weighted by Crippen LogP contribution is 2.33. The van der Waals surface area contributed by atoms with E-state index in [9.17, 15) is 0 Å². The number of oxime groups is 1. The van der Waals surface area contributed by atoms with Crippen LogP contribution >= 0.6 is 0 Å². The molecular formula is C14H19NO3. The minimum Gasteiger partial charge on any atom is -0.493 e. The van der Waals surface area contributed by atoms with Crippen molar-refractivity contribution in [3.05, 3.63) is 23.8 Å². The number of methoxy groups -OCH3 is 1. The molecule has 1 aromatic rings. The Labute approximate surface area is 107 Å². The maximum Gasteiger partial charge on any atom is 0.161 e. The second-order valence-corrected chi connectivity index (χ2v) is 4.63. The number of nitrogens with zero attached hydrogens (tertiary/aromatic N) is 1. The van der Waals surface area contributed by atoms with Crippen molar-refractivity contribution in [2.75, 3.05) is 13.7 Å². The lowest BCUT2D eigenvalue weighted by Crippen LogP contribution is -2.02. The number of hydrogen-bond donors (Lipinski definition) is 1. The first-order chi connectivity index (χ1) is 8.74. The Hall–Kier alpha value is -1.71. The molecule has 0 unspecified atom stereocenters. The predicted molar refractivity (Wildman–Crippen MR) is 69.8 cm³/mol. The van der Waals surface area contributed by atoms with Crippen LogP contribution in [0.15, 0.2) is 23.4 Å². The Morgan fingerprint density at radius 1 is 1.39 bits per heavy atom. The highest BCUT2D eigenvalue weighted by molar-refractivity contribution is 5.98. The van der Waals surface area contributed by atoms with Crippen molar-refractivity contribution in [3.8, 4) is 11.5 Å². The molecule has 1 aliphatic rings. The topological polar surface area (TPSA) is 51.0 Å². The number of hydrogen-bond acceptors (Lipinski definition) is 4. The van der Waals surface area contributed by atoms with E-state index in [1.807, 2.05) is 18.2 Å². The maximum atomic E-state index is 8.75. The minimum absolute atomic E-state index is 0.554. The van der Waals surface area contributed by atoms with Crippen molar-refractivity contribution < 1.29 is 14.7 Å². The first-order valence-corrected chi connectivity index (χ1v) is 6.24. The average Bonchev–Trinajstić information content (AvgIpc) is 3.22. The molecule has 4 nitrogen and oxygen atoms in total. The summed E-state index contributed by atoms with van der Waals surface area (Å²) in [5.74, 6) is 2.28. The molecule has 1 fully saturated rings. The molecule has 0 bridgehead atoms. The number of rotatable bonds is 6. The van der Waals surface area contributed by atoms with E-state index in [4.69, 9.17) is 14.7 Å². The van der Waals surface area contributed by atoms with E-state index >= 15 is 0 Å². The zero-order valence-corrected chi connectivity index (χ0v) is 10.8. The van der Waals surface area contributed by atoms with Crippen molar-refractivity contribution in [2.24, 2.45) is 11.1 Å². The zero-order valence-electron chi connectivity index (χ0n) is 10.8. The second kappa shape index (κ2) is 5.76. The Bertz CT molecular complexity index is 439. The van der Waals surface area contributed by atoms with Crippen molar-refractivity contribution >= 4 is 5.71 Å². The molecule has 0 aromatic heterocycles. The molecule has 18 heavy (non-hydrogen) atoms. The van der Waals surface area contributed by atoms with Crippen molar-refractivity contribution in [3.63, 3.8) is 0 Å². The monoisotopic (exact) mass is 249 g/mol. The third-order valence-corrected chi connectivity index (χ3v) is 3.21. The molecule has 1 N–H and O–H groups in total. The standard InChI is InChI=1S/C14H19NO3/c1-10(15-16)12-5-6-13(14(9-12)17-2)18-8-7-11-3-4-11/h5-6,9,11,16H,3-4,7-8H2,1-2H3. The first kappa shape index (κ1) is 12.7. The molecule has 4 heteroatoms. The van der Waals surface area contributed by atoms with E-state index in [2.05, 4.69) is 5.16 Å². The summed E-state index contributed by atoms with van der Waals surface area (Å²) in [5, 5.41) is 11.9. The zero-order chi connectivity index (χ0) is 13.0. The quantitative estimate of drug-likeness (QED) is 0.479. The molecular weight excluding hydrogens is 230 g/mol. The second-order valence-electron chi connectivity index (χ2n) is 4.63. The van der Waals surface area contributed by atoms with Crippen LogP contribution in [0.4, 0.5) is 0 Å². The van der Waals surface area contributed by atoms with Gasteiger partial charge in [0.25, 0.3) is 0 Å². The van der Waals surface area contributed by atoms with Crippen LogP contribution in [0.1, 0.15) is 31.7 Å². The van der Waals surface area contributed by atoms with Gasteiger partial charge in [-0.1, -0.05) is 18.0 Å². The van der Waals surface area contributed by atoms with Crippen LogP contribution in [0.25, 0.3) is 0 Å². The first-order valence-electron chi connectivity index (χ1n) is 6.24. The lowest BCUT2D eigenvalue weighted by molar-refractivity contribution is 0.283. The minimum atomic E-state index is 0.554. The third kappa shape index (κ3) is 3.15. The van der Waals surface area contributed by atoms with Gasteiger partial charge in [-0.25, -0.2) is 0 Å². The van der Waals surface area contributed by atoms with Gasteiger partial charge in [-0.2, -0.15) is 0 Å². The molecule has 2 rings (SSSR count). The summed E-state index contributed by atoms with van der Waals surface area (Å²) in [6, 6.07) is 5.54. The lowest BCUT2D eigenvalue weighted by Gasteiger charge is -2.11. The average molecular weight is 249 g/mol. The summed E-state index contributed by atoms with van der Waals surface area (Å²) in [6.45, 7) is 2.47. The maximum absolute atomic E-state index is 8.75. The smallest absolute Gasteiger partial charge is 0.161 e. The summed E-state index contributed by atoms with van der Waals surface area (Å²) < 4.78 is 11.0. The van der Waals surface area contributed by atoms with E-state index in [1.54, 1.807) is 14.0 Å². The van der Waals surface area contributed by atoms with Gasteiger partial charge in [0.1, 0.15) is 0 Å². The van der Waals surface area contributed by atoms with Crippen LogP contribution in [0.5, 0.6) is 11.5 Å². The summed E-state index contributed by atoms with van der Waals surface area (Å²) in [6.07, 6.45) is 3.79. The fourth-order valence-corrected chi connectivity index (χ4v) is 1.81. The fourth-order valence-electron chi connectivity index (χ4n) is 1.81. The molecule has 0 aliphatic heterocycles. The van der Waals surface area contributed by atoms with Crippen LogP contribution in [0.2, 0.25) is 0 Å². The van der Waals surface area contributed by atoms with Gasteiger partial charge in [-0.15, -0.1) is 0 Å². The largest absolute Gasteiger partial charge is 0.493 e. The Kier molecular flexibility index (Phi) is 4.07. The van der Waals surface area contributed by atoms with Gasteiger partial charge in [0.15, 0.2) is 11.5 Å².